The minimum Gasteiger partial charge on any atom is -0.351 e. The molecule has 2 aliphatic heterocycles. The summed E-state index contributed by atoms with van der Waals surface area (Å²) in [4.78, 5) is 43.3. The molecule has 0 aromatic heterocycles. The minimum absolute atomic E-state index is 0. The van der Waals surface area contributed by atoms with Crippen molar-refractivity contribution in [1.82, 2.24) is 9.80 Å². The lowest BCUT2D eigenvalue weighted by Gasteiger charge is -2.44. The van der Waals surface area contributed by atoms with E-state index in [0.29, 0.717) is 44.3 Å². The summed E-state index contributed by atoms with van der Waals surface area (Å²) < 4.78 is 13.1. The monoisotopic (exact) mass is 488 g/mol. The average Bonchev–Trinajstić information content (AvgIpc) is 3.02. The molecule has 9 heteroatoms. The van der Waals surface area contributed by atoms with Crippen LogP contribution in [0, 0.1) is 5.82 Å². The maximum absolute atomic E-state index is 13.4. The number of nitrogens with two attached hydrogens (primary N) is 1. The number of ketones is 1. The molecule has 2 aromatic carbocycles. The standard InChI is InChI=1S/C25H29FN4O3.ClH/c1-18-29(24(27)33)23(32)25(30(18)21-6-3-2-4-7-21)13-16-28(17-14-25)15-5-8-22(31)19-9-11-20(26)12-10-19;/h2-4,6-7,9-12,18H,5,8,13-17H2,1H3,(H2,27,33);1H. The van der Waals surface area contributed by atoms with E-state index in [9.17, 15) is 18.8 Å². The summed E-state index contributed by atoms with van der Waals surface area (Å²) in [5, 5.41) is 0. The summed E-state index contributed by atoms with van der Waals surface area (Å²) in [6, 6.07) is 14.5. The third-order valence-corrected chi connectivity index (χ3v) is 6.82. The van der Waals surface area contributed by atoms with Crippen LogP contribution in [0.1, 0.15) is 43.0 Å². The summed E-state index contributed by atoms with van der Waals surface area (Å²) in [6.45, 7) is 3.92. The number of rotatable bonds is 6. The minimum atomic E-state index is -0.809. The molecule has 2 fully saturated rings. The number of primary amides is 1. The van der Waals surface area contributed by atoms with Crippen LogP contribution in [0.4, 0.5) is 14.9 Å². The molecule has 2 heterocycles. The number of carbonyl (C=O) groups is 3. The van der Waals surface area contributed by atoms with Gasteiger partial charge < -0.3 is 15.5 Å². The van der Waals surface area contributed by atoms with Gasteiger partial charge in [-0.15, -0.1) is 12.4 Å². The molecule has 0 bridgehead atoms. The van der Waals surface area contributed by atoms with Gasteiger partial charge in [0.25, 0.3) is 5.91 Å². The van der Waals surface area contributed by atoms with E-state index in [1.54, 1.807) is 0 Å². The lowest BCUT2D eigenvalue weighted by atomic mass is 9.85. The highest BCUT2D eigenvalue weighted by Gasteiger charge is 2.58. The van der Waals surface area contributed by atoms with Crippen LogP contribution in [-0.2, 0) is 4.79 Å². The van der Waals surface area contributed by atoms with Crippen LogP contribution < -0.4 is 10.6 Å². The van der Waals surface area contributed by atoms with Crippen molar-refractivity contribution >= 4 is 35.8 Å². The van der Waals surface area contributed by atoms with Gasteiger partial charge in [0.1, 0.15) is 17.5 Å². The fourth-order valence-electron chi connectivity index (χ4n) is 5.15. The van der Waals surface area contributed by atoms with Crippen LogP contribution in [0.2, 0.25) is 0 Å². The Morgan fingerprint density at radius 2 is 1.68 bits per heavy atom. The topological polar surface area (TPSA) is 87.0 Å². The number of Topliss-reactive ketones (excluding diaryl/α,β-unsaturated/α-hetero) is 1. The number of hydrogen-bond acceptors (Lipinski definition) is 5. The van der Waals surface area contributed by atoms with Crippen LogP contribution in [0.15, 0.2) is 54.6 Å². The van der Waals surface area contributed by atoms with E-state index in [1.807, 2.05) is 42.2 Å². The van der Waals surface area contributed by atoms with Crippen LogP contribution in [0.25, 0.3) is 0 Å². The molecule has 182 valence electrons. The van der Waals surface area contributed by atoms with Crippen LogP contribution in [0.5, 0.6) is 0 Å². The largest absolute Gasteiger partial charge is 0.351 e. The molecular weight excluding hydrogens is 459 g/mol. The highest BCUT2D eigenvalue weighted by atomic mass is 35.5. The summed E-state index contributed by atoms with van der Waals surface area (Å²) in [7, 11) is 0. The number of hydrogen-bond donors (Lipinski definition) is 1. The summed E-state index contributed by atoms with van der Waals surface area (Å²) >= 11 is 0. The average molecular weight is 489 g/mol. The predicted molar refractivity (Wildman–Crippen MR) is 130 cm³/mol. The molecule has 0 saturated carbocycles. The molecule has 2 N–H and O–H groups in total. The zero-order chi connectivity index (χ0) is 23.6. The normalized spacial score (nSPS) is 19.8. The second-order valence-electron chi connectivity index (χ2n) is 8.76. The van der Waals surface area contributed by atoms with E-state index < -0.39 is 17.7 Å². The van der Waals surface area contributed by atoms with Crippen molar-refractivity contribution in [2.45, 2.75) is 44.3 Å². The van der Waals surface area contributed by atoms with E-state index >= 15 is 0 Å². The molecule has 0 radical (unpaired) electrons. The molecule has 1 spiro atoms. The summed E-state index contributed by atoms with van der Waals surface area (Å²) in [5.41, 5.74) is 6.16. The molecule has 2 aliphatic rings. The van der Waals surface area contributed by atoms with Gasteiger partial charge in [0.15, 0.2) is 5.78 Å². The Morgan fingerprint density at radius 3 is 2.26 bits per heavy atom. The summed E-state index contributed by atoms with van der Waals surface area (Å²) in [6.07, 6.45) is 1.75. The second kappa shape index (κ2) is 10.5. The van der Waals surface area contributed by atoms with Crippen LogP contribution in [-0.4, -0.2) is 58.9 Å². The van der Waals surface area contributed by atoms with E-state index in [4.69, 9.17) is 5.73 Å². The number of carbonyl (C=O) groups excluding carboxylic acids is 3. The number of amides is 3. The number of nitrogens with zero attached hydrogens (tertiary/aromatic N) is 3. The lowest BCUT2D eigenvalue weighted by molar-refractivity contribution is -0.131. The molecule has 1 unspecified atom stereocenters. The predicted octanol–water partition coefficient (Wildman–Crippen LogP) is 3.82. The van der Waals surface area contributed by atoms with Crippen molar-refractivity contribution in [3.8, 4) is 0 Å². The maximum Gasteiger partial charge on any atom is 0.323 e. The Kier molecular flexibility index (Phi) is 7.94. The van der Waals surface area contributed by atoms with Gasteiger partial charge in [-0.25, -0.2) is 14.1 Å². The molecule has 7 nitrogen and oxygen atoms in total. The fourth-order valence-corrected chi connectivity index (χ4v) is 5.15. The van der Waals surface area contributed by atoms with Gasteiger partial charge in [-0.1, -0.05) is 18.2 Å². The Balaban J connectivity index is 0.00000324. The molecule has 34 heavy (non-hydrogen) atoms. The van der Waals surface area contributed by atoms with E-state index in [2.05, 4.69) is 4.90 Å². The van der Waals surface area contributed by atoms with E-state index in [-0.39, 0.29) is 29.9 Å². The van der Waals surface area contributed by atoms with Crippen LogP contribution in [0.3, 0.4) is 0 Å². The van der Waals surface area contributed by atoms with Crippen molar-refractivity contribution < 1.29 is 18.8 Å². The first-order valence-corrected chi connectivity index (χ1v) is 11.3. The molecule has 0 aliphatic carbocycles. The number of para-hydroxylation sites is 1. The highest BCUT2D eigenvalue weighted by Crippen LogP contribution is 2.42. The van der Waals surface area contributed by atoms with Gasteiger partial charge in [-0.2, -0.15) is 0 Å². The Morgan fingerprint density at radius 1 is 1.06 bits per heavy atom. The molecule has 1 atom stereocenters. The molecule has 2 saturated heterocycles. The van der Waals surface area contributed by atoms with Gasteiger partial charge in [0, 0.05) is 30.8 Å². The number of benzene rings is 2. The maximum atomic E-state index is 13.4. The van der Waals surface area contributed by atoms with Gasteiger partial charge in [-0.05, 0) is 69.1 Å². The van der Waals surface area contributed by atoms with Crippen molar-refractivity contribution in [2.24, 2.45) is 5.73 Å². The Bertz CT molecular complexity index is 1030. The lowest BCUT2D eigenvalue weighted by Crippen LogP contribution is -2.57. The Labute approximate surface area is 205 Å². The second-order valence-corrected chi connectivity index (χ2v) is 8.76. The van der Waals surface area contributed by atoms with Gasteiger partial charge in [0.2, 0.25) is 0 Å². The number of imide groups is 1. The SMILES string of the molecule is CC1N(C(N)=O)C(=O)C2(CCN(CCCC(=O)c3ccc(F)cc3)CC2)N1c1ccccc1.Cl. The van der Waals surface area contributed by atoms with Gasteiger partial charge >= 0.3 is 6.03 Å². The van der Waals surface area contributed by atoms with Gasteiger partial charge in [0.05, 0.1) is 0 Å². The quantitative estimate of drug-likeness (QED) is 0.625. The zero-order valence-electron chi connectivity index (χ0n) is 19.2. The third-order valence-electron chi connectivity index (χ3n) is 6.82. The third kappa shape index (κ3) is 4.79. The fraction of sp³-hybridized carbons (Fsp3) is 0.400. The number of likely N-dealkylation sites (tertiary alicyclic amines) is 1. The number of anilines is 1. The first-order chi connectivity index (χ1) is 15.8. The zero-order valence-corrected chi connectivity index (χ0v) is 20.0. The van der Waals surface area contributed by atoms with Crippen LogP contribution >= 0.6 is 12.4 Å². The molecule has 4 rings (SSSR count). The number of halogens is 2. The number of urea groups is 1. The highest BCUT2D eigenvalue weighted by molar-refractivity contribution is 6.04. The van der Waals surface area contributed by atoms with Crippen molar-refractivity contribution in [1.29, 1.82) is 0 Å². The van der Waals surface area contributed by atoms with E-state index in [1.165, 1.54) is 29.2 Å². The smallest absolute Gasteiger partial charge is 0.323 e. The molecule has 2 aromatic rings. The van der Waals surface area contributed by atoms with Crippen molar-refractivity contribution in [2.75, 3.05) is 24.5 Å². The molecular formula is C25H30ClFN4O3. The summed E-state index contributed by atoms with van der Waals surface area (Å²) in [5.74, 6) is -0.600. The number of piperidine rings is 1. The van der Waals surface area contributed by atoms with E-state index in [0.717, 1.165) is 12.2 Å². The molecule has 3 amide bonds. The van der Waals surface area contributed by atoms with Gasteiger partial charge in [-0.3, -0.25) is 9.59 Å². The first kappa shape index (κ1) is 25.6. The van der Waals surface area contributed by atoms with Crippen molar-refractivity contribution in [3.05, 3.63) is 66.0 Å². The Hall–Kier alpha value is -2.97. The van der Waals surface area contributed by atoms with Crippen molar-refractivity contribution in [3.63, 3.8) is 0 Å². The first-order valence-electron chi connectivity index (χ1n) is 11.3.